The van der Waals surface area contributed by atoms with Gasteiger partial charge in [-0.1, -0.05) is 26.2 Å². The van der Waals surface area contributed by atoms with E-state index in [4.69, 9.17) is 19.7 Å². The van der Waals surface area contributed by atoms with Crippen LogP contribution in [-0.4, -0.2) is 46.7 Å². The number of carbonyl (C=O) groups is 1. The molecule has 3 N–H and O–H groups in total. The van der Waals surface area contributed by atoms with Crippen molar-refractivity contribution in [3.63, 3.8) is 0 Å². The van der Waals surface area contributed by atoms with Gasteiger partial charge in [0.05, 0.1) is 25.4 Å². The Morgan fingerprint density at radius 1 is 1.35 bits per heavy atom. The van der Waals surface area contributed by atoms with Gasteiger partial charge in [0.25, 0.3) is 5.97 Å². The highest BCUT2D eigenvalue weighted by Gasteiger charge is 2.06. The largest absolute Gasteiger partial charge is 0.481 e. The fourth-order valence-electron chi connectivity index (χ4n) is 1.04. The van der Waals surface area contributed by atoms with E-state index in [2.05, 4.69) is 6.92 Å². The summed E-state index contributed by atoms with van der Waals surface area (Å²) in [4.78, 5) is 9.00. The lowest BCUT2D eigenvalue weighted by atomic mass is 10.1. The van der Waals surface area contributed by atoms with E-state index in [1.807, 2.05) is 0 Å². The monoisotopic (exact) mass is 250 g/mol. The predicted octanol–water partition coefficient (Wildman–Crippen LogP) is 1.42. The van der Waals surface area contributed by atoms with Crippen molar-refractivity contribution in [1.29, 1.82) is 0 Å². The quantitative estimate of drug-likeness (QED) is 0.567. The molecule has 0 aliphatic carbocycles. The lowest BCUT2D eigenvalue weighted by molar-refractivity contribution is -0.134. The Hall–Kier alpha value is -0.650. The highest BCUT2D eigenvalue weighted by molar-refractivity contribution is 5.62. The molecule has 17 heavy (non-hydrogen) atoms. The normalized spacial score (nSPS) is 13.5. The van der Waals surface area contributed by atoms with Gasteiger partial charge in [-0.25, -0.2) is 0 Å². The van der Waals surface area contributed by atoms with Gasteiger partial charge >= 0.3 is 0 Å². The second-order valence-electron chi connectivity index (χ2n) is 4.00. The van der Waals surface area contributed by atoms with Crippen LogP contribution in [0, 0.1) is 0 Å². The van der Waals surface area contributed by atoms with Crippen LogP contribution in [0.4, 0.5) is 0 Å². The number of carboxylic acids is 1. The minimum atomic E-state index is -0.833. The van der Waals surface area contributed by atoms with Gasteiger partial charge in [-0.2, -0.15) is 0 Å². The number of aliphatic carboxylic acids is 1. The van der Waals surface area contributed by atoms with Crippen LogP contribution in [0.3, 0.4) is 0 Å². The molecule has 0 saturated heterocycles. The molecule has 0 aliphatic heterocycles. The van der Waals surface area contributed by atoms with E-state index in [1.54, 1.807) is 6.92 Å². The summed E-state index contributed by atoms with van der Waals surface area (Å²) in [5.74, 6) is -0.833. The number of ether oxygens (including phenoxy) is 1. The molecule has 5 heteroatoms. The molecule has 0 fully saturated rings. The Kier molecular flexibility index (Phi) is 14.8. The zero-order chi connectivity index (χ0) is 13.7. The first-order chi connectivity index (χ1) is 7.93. The maximum absolute atomic E-state index is 9.41. The van der Waals surface area contributed by atoms with Gasteiger partial charge < -0.3 is 20.1 Å². The summed E-state index contributed by atoms with van der Waals surface area (Å²) in [6, 6.07) is 0. The van der Waals surface area contributed by atoms with Crippen molar-refractivity contribution in [3.05, 3.63) is 0 Å². The van der Waals surface area contributed by atoms with Gasteiger partial charge in [0, 0.05) is 6.92 Å². The van der Waals surface area contributed by atoms with Crippen molar-refractivity contribution in [2.24, 2.45) is 0 Å². The molecule has 0 bridgehead atoms. The fourth-order valence-corrected chi connectivity index (χ4v) is 1.04. The molecule has 0 radical (unpaired) electrons. The number of hydrogen-bond acceptors (Lipinski definition) is 4. The summed E-state index contributed by atoms with van der Waals surface area (Å²) in [6.07, 6.45) is 3.63. The van der Waals surface area contributed by atoms with Gasteiger partial charge in [0.2, 0.25) is 0 Å². The predicted molar refractivity (Wildman–Crippen MR) is 66.0 cm³/mol. The van der Waals surface area contributed by atoms with E-state index in [9.17, 15) is 5.11 Å². The maximum atomic E-state index is 9.41. The van der Waals surface area contributed by atoms with Crippen LogP contribution >= 0.6 is 0 Å². The molecule has 0 aromatic heterocycles. The standard InChI is InChI=1S/C10H22O3.C2H4O2/c1-3-4-5-6-10(12)8-13-9(2)7-11;1-2(3)4/h9-12H,3-8H2,1-2H3;1H3,(H,3,4). The van der Waals surface area contributed by atoms with E-state index in [0.717, 1.165) is 26.2 Å². The molecule has 5 nitrogen and oxygen atoms in total. The van der Waals surface area contributed by atoms with Crippen molar-refractivity contribution in [3.8, 4) is 0 Å². The SMILES string of the molecule is CC(=O)O.CCCCCC(O)COC(C)CO. The maximum Gasteiger partial charge on any atom is 0.300 e. The van der Waals surface area contributed by atoms with Crippen LogP contribution in [0.15, 0.2) is 0 Å². The van der Waals surface area contributed by atoms with E-state index < -0.39 is 5.97 Å². The van der Waals surface area contributed by atoms with Crippen molar-refractivity contribution in [2.45, 2.75) is 58.7 Å². The molecule has 0 rings (SSSR count). The lowest BCUT2D eigenvalue weighted by Crippen LogP contribution is -2.21. The number of unbranched alkanes of at least 4 members (excludes halogenated alkanes) is 2. The van der Waals surface area contributed by atoms with Crippen molar-refractivity contribution in [2.75, 3.05) is 13.2 Å². The van der Waals surface area contributed by atoms with Crippen molar-refractivity contribution >= 4 is 5.97 Å². The summed E-state index contributed by atoms with van der Waals surface area (Å²) >= 11 is 0. The van der Waals surface area contributed by atoms with Crippen LogP contribution in [0.25, 0.3) is 0 Å². The Morgan fingerprint density at radius 2 is 1.88 bits per heavy atom. The third kappa shape index (κ3) is 21.2. The van der Waals surface area contributed by atoms with E-state index >= 15 is 0 Å². The fraction of sp³-hybridized carbons (Fsp3) is 0.917. The number of carboxylic acid groups (broad SMARTS) is 1. The molecule has 0 aromatic rings. The van der Waals surface area contributed by atoms with Crippen LogP contribution in [0.2, 0.25) is 0 Å². The zero-order valence-corrected chi connectivity index (χ0v) is 11.1. The molecule has 0 aliphatic rings. The molecule has 0 aromatic carbocycles. The number of aliphatic hydroxyl groups is 2. The number of hydrogen-bond donors (Lipinski definition) is 3. The summed E-state index contributed by atoms with van der Waals surface area (Å²) < 4.78 is 5.18. The summed E-state index contributed by atoms with van der Waals surface area (Å²) in [5.41, 5.74) is 0. The van der Waals surface area contributed by atoms with E-state index in [0.29, 0.717) is 6.61 Å². The first-order valence-electron chi connectivity index (χ1n) is 6.04. The molecular weight excluding hydrogens is 224 g/mol. The molecule has 104 valence electrons. The minimum absolute atomic E-state index is 0.0156. The average Bonchev–Trinajstić information content (AvgIpc) is 2.25. The first-order valence-corrected chi connectivity index (χ1v) is 6.04. The highest BCUT2D eigenvalue weighted by Crippen LogP contribution is 2.04. The third-order valence-corrected chi connectivity index (χ3v) is 1.97. The second-order valence-corrected chi connectivity index (χ2v) is 4.00. The molecule has 0 amide bonds. The minimum Gasteiger partial charge on any atom is -0.481 e. The van der Waals surface area contributed by atoms with Crippen LogP contribution in [-0.2, 0) is 9.53 Å². The Morgan fingerprint density at radius 3 is 2.29 bits per heavy atom. The summed E-state index contributed by atoms with van der Waals surface area (Å²) in [5, 5.41) is 25.5. The third-order valence-electron chi connectivity index (χ3n) is 1.97. The number of rotatable bonds is 8. The number of aliphatic hydroxyl groups excluding tert-OH is 2. The second kappa shape index (κ2) is 13.4. The Labute approximate surface area is 103 Å². The zero-order valence-electron chi connectivity index (χ0n) is 11.1. The van der Waals surface area contributed by atoms with Crippen molar-refractivity contribution < 1.29 is 24.9 Å². The van der Waals surface area contributed by atoms with E-state index in [1.165, 1.54) is 6.42 Å². The summed E-state index contributed by atoms with van der Waals surface area (Å²) in [7, 11) is 0. The van der Waals surface area contributed by atoms with Crippen LogP contribution < -0.4 is 0 Å². The molecule has 0 spiro atoms. The lowest BCUT2D eigenvalue weighted by Gasteiger charge is -2.14. The van der Waals surface area contributed by atoms with Gasteiger partial charge in [0.1, 0.15) is 0 Å². The molecule has 0 heterocycles. The van der Waals surface area contributed by atoms with E-state index in [-0.39, 0.29) is 18.8 Å². The molecular formula is C12H26O5. The molecule has 2 atom stereocenters. The van der Waals surface area contributed by atoms with Gasteiger partial charge in [-0.3, -0.25) is 4.79 Å². The van der Waals surface area contributed by atoms with Gasteiger partial charge in [-0.05, 0) is 13.3 Å². The summed E-state index contributed by atoms with van der Waals surface area (Å²) in [6.45, 7) is 5.36. The average molecular weight is 250 g/mol. The molecule has 2 unspecified atom stereocenters. The van der Waals surface area contributed by atoms with Crippen LogP contribution in [0.1, 0.15) is 46.5 Å². The van der Waals surface area contributed by atoms with Gasteiger partial charge in [0.15, 0.2) is 0 Å². The molecule has 0 saturated carbocycles. The first kappa shape index (κ1) is 18.7. The Balaban J connectivity index is 0. The smallest absolute Gasteiger partial charge is 0.300 e. The topological polar surface area (TPSA) is 87.0 Å². The van der Waals surface area contributed by atoms with Crippen LogP contribution in [0.5, 0.6) is 0 Å². The van der Waals surface area contributed by atoms with Crippen molar-refractivity contribution in [1.82, 2.24) is 0 Å². The highest BCUT2D eigenvalue weighted by atomic mass is 16.5. The Bertz CT molecular complexity index is 168. The van der Waals surface area contributed by atoms with Gasteiger partial charge in [-0.15, -0.1) is 0 Å².